The van der Waals surface area contributed by atoms with Crippen LogP contribution in [0.25, 0.3) is 6.08 Å². The quantitative estimate of drug-likeness (QED) is 0.884. The number of nitrogens with zero attached hydrogens (tertiary/aromatic N) is 3. The Labute approximate surface area is 135 Å². The number of aryl methyl sites for hydroxylation is 1. The fourth-order valence-corrected chi connectivity index (χ4v) is 2.55. The highest BCUT2D eigenvalue weighted by atomic mass is 16.5. The van der Waals surface area contributed by atoms with Gasteiger partial charge in [-0.1, -0.05) is 42.0 Å². The lowest BCUT2D eigenvalue weighted by molar-refractivity contribution is -0.0493. The van der Waals surface area contributed by atoms with Gasteiger partial charge in [-0.2, -0.15) is 0 Å². The lowest BCUT2D eigenvalue weighted by atomic mass is 10.1. The average Bonchev–Trinajstić information content (AvgIpc) is 2.55. The fraction of sp³-hybridized carbons (Fsp3) is 0.158. The van der Waals surface area contributed by atoms with Crippen LogP contribution in [0.1, 0.15) is 11.1 Å². The highest BCUT2D eigenvalue weighted by Crippen LogP contribution is 2.09. The Morgan fingerprint density at radius 3 is 2.70 bits per heavy atom. The number of rotatable bonds is 3. The van der Waals surface area contributed by atoms with E-state index in [1.807, 2.05) is 48.5 Å². The first-order valence-electron chi connectivity index (χ1n) is 7.51. The van der Waals surface area contributed by atoms with Crippen LogP contribution in [-0.2, 0) is 6.54 Å². The Balaban J connectivity index is 1.94. The molecule has 0 fully saturated rings. The van der Waals surface area contributed by atoms with Gasteiger partial charge in [-0.3, -0.25) is 15.3 Å². The van der Waals surface area contributed by atoms with Crippen LogP contribution in [0.2, 0.25) is 0 Å². The molecule has 1 aliphatic heterocycles. The summed E-state index contributed by atoms with van der Waals surface area (Å²) in [4.78, 5) is 8.78. The largest absolute Gasteiger partial charge is 0.289 e. The highest BCUT2D eigenvalue weighted by molar-refractivity contribution is 6.06. The third-order valence-corrected chi connectivity index (χ3v) is 3.67. The van der Waals surface area contributed by atoms with Crippen LogP contribution in [0, 0.1) is 6.92 Å². The van der Waals surface area contributed by atoms with Crippen molar-refractivity contribution < 1.29 is 5.21 Å². The zero-order chi connectivity index (χ0) is 16.2. The Bertz CT molecular complexity index is 883. The van der Waals surface area contributed by atoms with Gasteiger partial charge in [0.1, 0.15) is 0 Å². The molecule has 2 aromatic rings. The van der Waals surface area contributed by atoms with Crippen molar-refractivity contribution in [2.45, 2.75) is 13.5 Å². The van der Waals surface area contributed by atoms with E-state index < -0.39 is 0 Å². The van der Waals surface area contributed by atoms with Crippen molar-refractivity contribution in [2.24, 2.45) is 9.98 Å². The molecule has 0 saturated carbocycles. The first-order chi connectivity index (χ1) is 11.2. The van der Waals surface area contributed by atoms with Crippen LogP contribution in [0.15, 0.2) is 70.3 Å². The maximum atomic E-state index is 10.2. The van der Waals surface area contributed by atoms with Gasteiger partial charge in [0, 0.05) is 24.0 Å². The summed E-state index contributed by atoms with van der Waals surface area (Å²) >= 11 is 0. The van der Waals surface area contributed by atoms with Gasteiger partial charge in [0.15, 0.2) is 5.84 Å². The minimum atomic E-state index is 0.413. The van der Waals surface area contributed by atoms with E-state index in [1.165, 1.54) is 10.6 Å². The number of hydrogen-bond donors (Lipinski definition) is 1. The van der Waals surface area contributed by atoms with Gasteiger partial charge in [0.2, 0.25) is 0 Å². The third kappa shape index (κ3) is 3.55. The molecular weight excluding hydrogens is 286 g/mol. The second-order valence-electron chi connectivity index (χ2n) is 5.53. The van der Waals surface area contributed by atoms with Crippen molar-refractivity contribution in [3.05, 3.63) is 82.0 Å². The minimum Gasteiger partial charge on any atom is -0.289 e. The molecule has 4 heteroatoms. The Kier molecular flexibility index (Phi) is 4.35. The maximum absolute atomic E-state index is 10.2. The minimum absolute atomic E-state index is 0.413. The summed E-state index contributed by atoms with van der Waals surface area (Å²) in [5.74, 6) is 0.619. The third-order valence-electron chi connectivity index (χ3n) is 3.67. The summed E-state index contributed by atoms with van der Waals surface area (Å²) in [6.07, 6.45) is 3.68. The van der Waals surface area contributed by atoms with Gasteiger partial charge in [-0.25, -0.2) is 4.99 Å². The summed E-state index contributed by atoms with van der Waals surface area (Å²) in [5.41, 5.74) is 3.01. The number of amidine groups is 1. The van der Waals surface area contributed by atoms with Gasteiger partial charge in [-0.15, -0.1) is 0 Å². The Hall–Kier alpha value is -2.72. The number of aliphatic imine (C=N–C) groups is 1. The molecular formula is C19H19N3O. The van der Waals surface area contributed by atoms with E-state index >= 15 is 0 Å². The molecule has 116 valence electrons. The van der Waals surface area contributed by atoms with Gasteiger partial charge >= 0.3 is 0 Å². The van der Waals surface area contributed by atoms with E-state index in [1.54, 1.807) is 13.2 Å². The molecule has 0 aromatic heterocycles. The Morgan fingerprint density at radius 2 is 1.96 bits per heavy atom. The molecule has 0 bridgehead atoms. The van der Waals surface area contributed by atoms with Crippen molar-refractivity contribution in [1.29, 1.82) is 0 Å². The molecule has 0 saturated heterocycles. The molecule has 3 rings (SSSR count). The molecule has 1 aliphatic rings. The van der Waals surface area contributed by atoms with Crippen LogP contribution in [0.5, 0.6) is 0 Å². The lowest BCUT2D eigenvalue weighted by Gasteiger charge is -2.15. The highest BCUT2D eigenvalue weighted by Gasteiger charge is 2.10. The smallest absolute Gasteiger partial charge is 0.156 e. The predicted molar refractivity (Wildman–Crippen MR) is 91.6 cm³/mol. The average molecular weight is 305 g/mol. The lowest BCUT2D eigenvalue weighted by Crippen LogP contribution is -2.31. The molecule has 0 atom stereocenters. The molecule has 23 heavy (non-hydrogen) atoms. The maximum Gasteiger partial charge on any atom is 0.156 e. The van der Waals surface area contributed by atoms with Crippen LogP contribution in [0.3, 0.4) is 0 Å². The van der Waals surface area contributed by atoms with Crippen LogP contribution in [-0.4, -0.2) is 23.2 Å². The second kappa shape index (κ2) is 6.58. The zero-order valence-electron chi connectivity index (χ0n) is 13.3. The molecule has 0 radical (unpaired) electrons. The molecule has 1 heterocycles. The van der Waals surface area contributed by atoms with Gasteiger partial charge < -0.3 is 0 Å². The van der Waals surface area contributed by atoms with E-state index in [-0.39, 0.29) is 0 Å². The standard InChI is InChI=1S/C19H19N3O/c1-14-8-9-18-16(10-14)11-17(19(20-2)21-18)13-22(23)12-15-6-4-3-5-7-15/h3-11,13,23H,12H2,1-2H3/b17-13+,20-19?. The van der Waals surface area contributed by atoms with E-state index in [2.05, 4.69) is 23.0 Å². The Morgan fingerprint density at radius 1 is 1.17 bits per heavy atom. The van der Waals surface area contributed by atoms with E-state index in [0.717, 1.165) is 21.7 Å². The molecule has 2 aromatic carbocycles. The van der Waals surface area contributed by atoms with E-state index in [4.69, 9.17) is 0 Å². The summed E-state index contributed by atoms with van der Waals surface area (Å²) in [6, 6.07) is 15.9. The van der Waals surface area contributed by atoms with Crippen molar-refractivity contribution in [3.8, 4) is 0 Å². The number of hydrogen-bond acceptors (Lipinski definition) is 3. The van der Waals surface area contributed by atoms with Crippen molar-refractivity contribution in [2.75, 3.05) is 7.05 Å². The summed E-state index contributed by atoms with van der Waals surface area (Å²) in [6.45, 7) is 2.46. The molecule has 0 amide bonds. The van der Waals surface area contributed by atoms with Crippen molar-refractivity contribution in [1.82, 2.24) is 5.06 Å². The van der Waals surface area contributed by atoms with Crippen LogP contribution in [0.4, 0.5) is 0 Å². The SMILES string of the molecule is CN=C1N=c2ccc(C)cc2=C/C1=C\N(O)Cc1ccccc1. The van der Waals surface area contributed by atoms with Crippen molar-refractivity contribution >= 4 is 11.9 Å². The molecule has 0 spiro atoms. The monoisotopic (exact) mass is 305 g/mol. The molecule has 0 aliphatic carbocycles. The fourth-order valence-electron chi connectivity index (χ4n) is 2.55. The number of benzene rings is 2. The summed E-state index contributed by atoms with van der Waals surface area (Å²) in [7, 11) is 1.71. The zero-order valence-corrected chi connectivity index (χ0v) is 13.3. The number of fused-ring (bicyclic) bond motifs is 1. The molecule has 1 N–H and O–H groups in total. The summed E-state index contributed by atoms with van der Waals surface area (Å²) in [5, 5.41) is 13.3. The van der Waals surface area contributed by atoms with E-state index in [9.17, 15) is 5.21 Å². The van der Waals surface area contributed by atoms with Gasteiger partial charge in [-0.05, 0) is 30.7 Å². The number of hydroxylamine groups is 2. The summed E-state index contributed by atoms with van der Waals surface area (Å²) < 4.78 is 0. The van der Waals surface area contributed by atoms with E-state index in [0.29, 0.717) is 12.4 Å². The predicted octanol–water partition coefficient (Wildman–Crippen LogP) is 2.21. The van der Waals surface area contributed by atoms with Crippen LogP contribution < -0.4 is 10.6 Å². The molecule has 4 nitrogen and oxygen atoms in total. The second-order valence-corrected chi connectivity index (χ2v) is 5.53. The molecule has 0 unspecified atom stereocenters. The van der Waals surface area contributed by atoms with Gasteiger partial charge in [0.05, 0.1) is 11.9 Å². The topological polar surface area (TPSA) is 48.2 Å². The van der Waals surface area contributed by atoms with Gasteiger partial charge in [0.25, 0.3) is 0 Å². The van der Waals surface area contributed by atoms with Crippen LogP contribution >= 0.6 is 0 Å². The van der Waals surface area contributed by atoms with Crippen molar-refractivity contribution in [3.63, 3.8) is 0 Å². The normalized spacial score (nSPS) is 16.7. The first kappa shape index (κ1) is 15.2. The first-order valence-corrected chi connectivity index (χ1v) is 7.51.